The molecule has 0 amide bonds. The van der Waals surface area contributed by atoms with E-state index in [0.717, 1.165) is 29.6 Å². The van der Waals surface area contributed by atoms with Gasteiger partial charge < -0.3 is 5.32 Å². The molecule has 0 saturated carbocycles. The summed E-state index contributed by atoms with van der Waals surface area (Å²) in [6, 6.07) is 9.62. The molecule has 0 bridgehead atoms. The minimum Gasteiger partial charge on any atom is -0.316 e. The molecule has 17 heavy (non-hydrogen) atoms. The van der Waals surface area contributed by atoms with Crippen molar-refractivity contribution in [2.45, 2.75) is 6.42 Å². The summed E-state index contributed by atoms with van der Waals surface area (Å²) in [5, 5.41) is 4.22. The Kier molecular flexibility index (Phi) is 2.61. The van der Waals surface area contributed by atoms with Gasteiger partial charge in [0, 0.05) is 23.6 Å². The lowest BCUT2D eigenvalue weighted by Gasteiger charge is -2.26. The van der Waals surface area contributed by atoms with Gasteiger partial charge in [0.25, 0.3) is 0 Å². The Morgan fingerprint density at radius 3 is 3.00 bits per heavy atom. The van der Waals surface area contributed by atoms with Crippen LogP contribution < -0.4 is 5.32 Å². The van der Waals surface area contributed by atoms with Crippen LogP contribution in [0, 0.1) is 5.92 Å². The molecule has 0 unspecified atom stereocenters. The Morgan fingerprint density at radius 1 is 1.35 bits per heavy atom. The number of fused-ring (bicyclic) bond motifs is 1. The zero-order chi connectivity index (χ0) is 11.7. The van der Waals surface area contributed by atoms with Crippen LogP contribution >= 0.6 is 0 Å². The molecule has 1 aromatic heterocycles. The normalized spacial score (nSPS) is 15.8. The summed E-state index contributed by atoms with van der Waals surface area (Å²) >= 11 is 0. The van der Waals surface area contributed by atoms with E-state index in [2.05, 4.69) is 10.3 Å². The molecule has 1 aromatic carbocycles. The number of pyridine rings is 1. The van der Waals surface area contributed by atoms with Crippen molar-refractivity contribution in [2.24, 2.45) is 5.92 Å². The monoisotopic (exact) mass is 226 g/mol. The van der Waals surface area contributed by atoms with Crippen molar-refractivity contribution in [1.82, 2.24) is 10.3 Å². The largest absolute Gasteiger partial charge is 0.316 e. The van der Waals surface area contributed by atoms with E-state index in [1.165, 1.54) is 0 Å². The number of aromatic nitrogens is 1. The van der Waals surface area contributed by atoms with Gasteiger partial charge in [0.1, 0.15) is 0 Å². The number of carbonyl (C=O) groups excluding carboxylic acids is 1. The predicted molar refractivity (Wildman–Crippen MR) is 67.1 cm³/mol. The first-order chi connectivity index (χ1) is 8.33. The average molecular weight is 226 g/mol. The average Bonchev–Trinajstić information content (AvgIpc) is 2.33. The van der Waals surface area contributed by atoms with Crippen LogP contribution in [-0.4, -0.2) is 23.9 Å². The summed E-state index contributed by atoms with van der Waals surface area (Å²) in [6.45, 7) is 1.95. The molecule has 3 nitrogen and oxygen atoms in total. The molecule has 0 atom stereocenters. The molecule has 1 saturated heterocycles. The van der Waals surface area contributed by atoms with Crippen molar-refractivity contribution >= 4 is 16.7 Å². The number of hydrogen-bond donors (Lipinski definition) is 1. The van der Waals surface area contributed by atoms with Gasteiger partial charge in [0.05, 0.1) is 5.52 Å². The molecule has 0 radical (unpaired) electrons. The highest BCUT2D eigenvalue weighted by atomic mass is 16.1. The van der Waals surface area contributed by atoms with E-state index in [1.54, 1.807) is 6.20 Å². The topological polar surface area (TPSA) is 42.0 Å². The number of Topliss-reactive ketones (excluding diaryl/α,β-unsaturated/α-hetero) is 1. The third-order valence-electron chi connectivity index (χ3n) is 3.27. The Balaban J connectivity index is 1.86. The Labute approximate surface area is 99.9 Å². The maximum Gasteiger partial charge on any atom is 0.163 e. The highest BCUT2D eigenvalue weighted by Crippen LogP contribution is 2.17. The van der Waals surface area contributed by atoms with Gasteiger partial charge in [-0.05, 0) is 43.3 Å². The molecule has 2 heterocycles. The zero-order valence-corrected chi connectivity index (χ0v) is 9.52. The van der Waals surface area contributed by atoms with Crippen LogP contribution in [0.25, 0.3) is 10.9 Å². The third-order valence-corrected chi connectivity index (χ3v) is 3.27. The van der Waals surface area contributed by atoms with Crippen LogP contribution in [0.2, 0.25) is 0 Å². The van der Waals surface area contributed by atoms with Gasteiger partial charge in [-0.2, -0.15) is 0 Å². The number of nitrogens with one attached hydrogen (secondary N) is 1. The van der Waals surface area contributed by atoms with Crippen molar-refractivity contribution in [1.29, 1.82) is 0 Å². The molecular weight excluding hydrogens is 212 g/mol. The van der Waals surface area contributed by atoms with Crippen molar-refractivity contribution < 1.29 is 4.79 Å². The highest BCUT2D eigenvalue weighted by Gasteiger charge is 2.20. The molecule has 1 aliphatic rings. The van der Waals surface area contributed by atoms with Crippen LogP contribution in [0.1, 0.15) is 16.8 Å². The van der Waals surface area contributed by atoms with E-state index in [-0.39, 0.29) is 5.78 Å². The first kappa shape index (κ1) is 10.4. The number of nitrogens with zero attached hydrogens (tertiary/aromatic N) is 1. The standard InChI is InChI=1S/C14H14N2O/c17-14(6-10-8-15-9-10)12-3-4-13-11(7-12)2-1-5-16-13/h1-5,7,10,15H,6,8-9H2. The summed E-state index contributed by atoms with van der Waals surface area (Å²) in [5.41, 5.74) is 1.74. The van der Waals surface area contributed by atoms with Crippen molar-refractivity contribution in [2.75, 3.05) is 13.1 Å². The van der Waals surface area contributed by atoms with Gasteiger partial charge in [0.15, 0.2) is 5.78 Å². The van der Waals surface area contributed by atoms with E-state index in [0.29, 0.717) is 12.3 Å². The second-order valence-corrected chi connectivity index (χ2v) is 4.56. The van der Waals surface area contributed by atoms with Gasteiger partial charge in [-0.25, -0.2) is 0 Å². The number of benzene rings is 1. The number of carbonyl (C=O) groups is 1. The van der Waals surface area contributed by atoms with Gasteiger partial charge in [-0.15, -0.1) is 0 Å². The summed E-state index contributed by atoms with van der Waals surface area (Å²) < 4.78 is 0. The zero-order valence-electron chi connectivity index (χ0n) is 9.52. The van der Waals surface area contributed by atoms with Gasteiger partial charge >= 0.3 is 0 Å². The van der Waals surface area contributed by atoms with Gasteiger partial charge in [-0.3, -0.25) is 9.78 Å². The third kappa shape index (κ3) is 2.06. The molecule has 1 fully saturated rings. The summed E-state index contributed by atoms with van der Waals surface area (Å²) in [5.74, 6) is 0.759. The second kappa shape index (κ2) is 4.26. The summed E-state index contributed by atoms with van der Waals surface area (Å²) in [4.78, 5) is 16.3. The van der Waals surface area contributed by atoms with E-state index < -0.39 is 0 Å². The number of rotatable bonds is 3. The fraction of sp³-hybridized carbons (Fsp3) is 0.286. The fourth-order valence-electron chi connectivity index (χ4n) is 2.12. The molecule has 0 spiro atoms. The van der Waals surface area contributed by atoms with Crippen LogP contribution in [0.15, 0.2) is 36.5 Å². The van der Waals surface area contributed by atoms with Gasteiger partial charge in [0.2, 0.25) is 0 Å². The van der Waals surface area contributed by atoms with E-state index >= 15 is 0 Å². The van der Waals surface area contributed by atoms with Crippen molar-refractivity contribution in [3.63, 3.8) is 0 Å². The van der Waals surface area contributed by atoms with Crippen LogP contribution in [0.3, 0.4) is 0 Å². The maximum atomic E-state index is 12.0. The molecule has 1 N–H and O–H groups in total. The molecule has 1 aliphatic heterocycles. The van der Waals surface area contributed by atoms with E-state index in [4.69, 9.17) is 0 Å². The fourth-order valence-corrected chi connectivity index (χ4v) is 2.12. The lowest BCUT2D eigenvalue weighted by Crippen LogP contribution is -2.42. The predicted octanol–water partition coefficient (Wildman–Crippen LogP) is 2.03. The Hall–Kier alpha value is -1.74. The number of ketones is 1. The van der Waals surface area contributed by atoms with E-state index in [1.807, 2.05) is 30.3 Å². The van der Waals surface area contributed by atoms with Gasteiger partial charge in [-0.1, -0.05) is 6.07 Å². The number of hydrogen-bond acceptors (Lipinski definition) is 3. The van der Waals surface area contributed by atoms with Crippen LogP contribution in [-0.2, 0) is 0 Å². The second-order valence-electron chi connectivity index (χ2n) is 4.56. The Morgan fingerprint density at radius 2 is 2.24 bits per heavy atom. The lowest BCUT2D eigenvalue weighted by atomic mass is 9.93. The minimum absolute atomic E-state index is 0.238. The molecule has 3 heteroatoms. The molecule has 3 rings (SSSR count). The molecule has 0 aliphatic carbocycles. The van der Waals surface area contributed by atoms with E-state index in [9.17, 15) is 4.79 Å². The first-order valence-corrected chi connectivity index (χ1v) is 5.91. The quantitative estimate of drug-likeness (QED) is 0.814. The van der Waals surface area contributed by atoms with Crippen LogP contribution in [0.5, 0.6) is 0 Å². The summed E-state index contributed by atoms with van der Waals surface area (Å²) in [6.07, 6.45) is 2.42. The Bertz CT molecular complexity index is 561. The molecular formula is C14H14N2O. The van der Waals surface area contributed by atoms with Crippen LogP contribution in [0.4, 0.5) is 0 Å². The lowest BCUT2D eigenvalue weighted by molar-refractivity contribution is 0.0945. The molecule has 86 valence electrons. The highest BCUT2D eigenvalue weighted by molar-refractivity contribution is 5.99. The summed E-state index contributed by atoms with van der Waals surface area (Å²) in [7, 11) is 0. The minimum atomic E-state index is 0.238. The maximum absolute atomic E-state index is 12.0. The van der Waals surface area contributed by atoms with Crippen molar-refractivity contribution in [3.8, 4) is 0 Å². The first-order valence-electron chi connectivity index (χ1n) is 5.91. The molecule has 2 aromatic rings. The SMILES string of the molecule is O=C(CC1CNC1)c1ccc2ncccc2c1. The smallest absolute Gasteiger partial charge is 0.163 e. The van der Waals surface area contributed by atoms with Crippen molar-refractivity contribution in [3.05, 3.63) is 42.1 Å².